The Bertz CT molecular complexity index is 1290. The lowest BCUT2D eigenvalue weighted by Gasteiger charge is -2.16. The van der Waals surface area contributed by atoms with Gasteiger partial charge in [-0.15, -0.1) is 5.10 Å². The maximum atomic E-state index is 13.1. The van der Waals surface area contributed by atoms with E-state index in [1.165, 1.54) is 0 Å². The van der Waals surface area contributed by atoms with Gasteiger partial charge in [-0.1, -0.05) is 32.0 Å². The van der Waals surface area contributed by atoms with Crippen molar-refractivity contribution in [1.82, 2.24) is 10.5 Å². The fraction of sp³-hybridized carbons (Fsp3) is 0.308. The van der Waals surface area contributed by atoms with Crippen LogP contribution in [0.15, 0.2) is 56.8 Å². The van der Waals surface area contributed by atoms with E-state index >= 15 is 0 Å². The van der Waals surface area contributed by atoms with Crippen molar-refractivity contribution in [2.24, 2.45) is 16.7 Å². The summed E-state index contributed by atoms with van der Waals surface area (Å²) < 4.78 is 42.9. The number of hydrogen-bond acceptors (Lipinski definition) is 5. The molecule has 0 aliphatic heterocycles. The van der Waals surface area contributed by atoms with E-state index in [0.717, 1.165) is 16.7 Å². The van der Waals surface area contributed by atoms with Crippen LogP contribution in [0.1, 0.15) is 43.4 Å². The quantitative estimate of drug-likeness (QED) is 0.0865. The average Bonchev–Trinajstić information content (AvgIpc) is 2.86. The summed E-state index contributed by atoms with van der Waals surface area (Å²) in [6.45, 7) is 7.89. The van der Waals surface area contributed by atoms with Gasteiger partial charge >= 0.3 is 6.18 Å². The zero-order valence-electron chi connectivity index (χ0n) is 21.1. The molecule has 0 spiro atoms. The van der Waals surface area contributed by atoms with Crippen LogP contribution in [0.4, 0.5) is 13.2 Å². The highest BCUT2D eigenvalue weighted by Gasteiger charge is 2.26. The minimum atomic E-state index is -4.21. The fourth-order valence-corrected chi connectivity index (χ4v) is 4.25. The molecular formula is C26H31BrF3N5O2. The van der Waals surface area contributed by atoms with Gasteiger partial charge in [0.05, 0.1) is 22.3 Å². The Hall–Kier alpha value is -3.31. The van der Waals surface area contributed by atoms with Crippen LogP contribution in [0, 0.1) is 13.8 Å². The highest BCUT2D eigenvalue weighted by Crippen LogP contribution is 2.37. The number of amidine groups is 1. The van der Waals surface area contributed by atoms with Crippen molar-refractivity contribution < 1.29 is 17.9 Å². The van der Waals surface area contributed by atoms with Gasteiger partial charge in [-0.3, -0.25) is 4.79 Å². The molecule has 3 rings (SSSR count). The molecule has 2 aromatic carbocycles. The summed E-state index contributed by atoms with van der Waals surface area (Å²) in [7, 11) is 0. The summed E-state index contributed by atoms with van der Waals surface area (Å²) >= 11 is 3.62. The summed E-state index contributed by atoms with van der Waals surface area (Å²) in [5, 5.41) is 3.78. The van der Waals surface area contributed by atoms with E-state index in [1.54, 1.807) is 24.3 Å². The van der Waals surface area contributed by atoms with E-state index in [4.69, 9.17) is 16.3 Å². The van der Waals surface area contributed by atoms with Crippen LogP contribution >= 0.6 is 15.9 Å². The molecule has 0 saturated carbocycles. The number of nitrogens with zero attached hydrogens (tertiary/aromatic N) is 1. The summed E-state index contributed by atoms with van der Waals surface area (Å²) in [6, 6.07) is 12.5. The first kappa shape index (κ1) is 29.9. The van der Waals surface area contributed by atoms with Crippen LogP contribution in [-0.2, 0) is 0 Å². The molecule has 1 aromatic heterocycles. The molecule has 0 amide bonds. The lowest BCUT2D eigenvalue weighted by atomic mass is 9.95. The fourth-order valence-electron chi connectivity index (χ4n) is 3.50. The van der Waals surface area contributed by atoms with E-state index in [2.05, 4.69) is 31.6 Å². The van der Waals surface area contributed by atoms with E-state index in [1.807, 2.05) is 45.9 Å². The van der Waals surface area contributed by atoms with Crippen LogP contribution in [0.25, 0.3) is 22.4 Å². The number of hydrazine groups is 1. The number of H-pyrrole nitrogens is 1. The number of benzene rings is 2. The molecule has 6 N–H and O–H groups in total. The number of aryl methyl sites for hydroxylation is 2. The van der Waals surface area contributed by atoms with Crippen molar-refractivity contribution in [2.45, 2.75) is 46.7 Å². The lowest BCUT2D eigenvalue weighted by molar-refractivity contribution is -0.136. The van der Waals surface area contributed by atoms with Crippen molar-refractivity contribution in [3.05, 3.63) is 74.0 Å². The molecule has 0 aliphatic carbocycles. The Kier molecular flexibility index (Phi) is 10.8. The number of hydrogen-bond donors (Lipinski definition) is 4. The standard InChI is InChI=1S/C24H25BrF3N5O2.C2H6/c1-13-4-5-16(12-14(13)2)18-19(22(29)32-33-30)23(34)31-21(20(18)25)15-6-8-17(9-7-15)35-11-3-10-24(26,27)28;1-2/h4-9,12,33H,3,10-11,30H2,1-2H3,(H2,29,32)(H,31,34);1-2H3. The van der Waals surface area contributed by atoms with Gasteiger partial charge in [0.1, 0.15) is 5.75 Å². The molecule has 37 heavy (non-hydrogen) atoms. The van der Waals surface area contributed by atoms with Crippen molar-refractivity contribution in [3.63, 3.8) is 0 Å². The van der Waals surface area contributed by atoms with Gasteiger partial charge in [0.2, 0.25) is 0 Å². The predicted octanol–water partition coefficient (Wildman–Crippen LogP) is 5.92. The molecule has 11 heteroatoms. The SMILES string of the molecule is CC.Cc1ccc(-c2c(Br)c(-c3ccc(OCCCC(F)(F)F)cc3)[nH]c(=O)c2/C(N)=N/NN)cc1C. The van der Waals surface area contributed by atoms with E-state index in [9.17, 15) is 18.0 Å². The first-order chi connectivity index (χ1) is 17.5. The molecule has 0 atom stereocenters. The van der Waals surface area contributed by atoms with Crippen LogP contribution in [0.2, 0.25) is 0 Å². The Morgan fingerprint density at radius 2 is 1.70 bits per heavy atom. The number of aromatic nitrogens is 1. The Balaban J connectivity index is 0.00000235. The van der Waals surface area contributed by atoms with Gasteiger partial charge in [0.25, 0.3) is 5.56 Å². The second kappa shape index (κ2) is 13.3. The van der Waals surface area contributed by atoms with Crippen molar-refractivity contribution in [1.29, 1.82) is 0 Å². The second-order valence-electron chi connectivity index (χ2n) is 7.91. The summed E-state index contributed by atoms with van der Waals surface area (Å²) in [6.07, 6.45) is -5.25. The molecule has 0 unspecified atom stereocenters. The Labute approximate surface area is 222 Å². The molecular weight excluding hydrogens is 551 g/mol. The lowest BCUT2D eigenvalue weighted by Crippen LogP contribution is -2.30. The molecule has 0 radical (unpaired) electrons. The number of ether oxygens (including phenoxy) is 1. The van der Waals surface area contributed by atoms with Gasteiger partial charge in [-0.2, -0.15) is 13.2 Å². The number of alkyl halides is 3. The Morgan fingerprint density at radius 1 is 1.08 bits per heavy atom. The van der Waals surface area contributed by atoms with E-state index < -0.39 is 18.2 Å². The highest BCUT2D eigenvalue weighted by molar-refractivity contribution is 9.10. The topological polar surface area (TPSA) is 119 Å². The van der Waals surface area contributed by atoms with Gasteiger partial charge in [0, 0.05) is 12.0 Å². The summed E-state index contributed by atoms with van der Waals surface area (Å²) in [5.74, 6) is 5.61. The number of nitrogens with one attached hydrogen (secondary N) is 2. The molecule has 0 bridgehead atoms. The molecule has 0 fully saturated rings. The number of rotatable bonds is 8. The van der Waals surface area contributed by atoms with Crippen LogP contribution in [0.5, 0.6) is 5.75 Å². The third-order valence-electron chi connectivity index (χ3n) is 5.41. The highest BCUT2D eigenvalue weighted by atomic mass is 79.9. The maximum absolute atomic E-state index is 13.1. The molecule has 3 aromatic rings. The molecule has 0 saturated heterocycles. The number of nitrogens with two attached hydrogens (primary N) is 2. The number of halogens is 4. The summed E-state index contributed by atoms with van der Waals surface area (Å²) in [4.78, 5) is 16.0. The maximum Gasteiger partial charge on any atom is 0.389 e. The van der Waals surface area contributed by atoms with E-state index in [-0.39, 0.29) is 24.4 Å². The van der Waals surface area contributed by atoms with Crippen molar-refractivity contribution in [2.75, 3.05) is 6.61 Å². The Morgan fingerprint density at radius 3 is 2.27 bits per heavy atom. The average molecular weight is 582 g/mol. The monoisotopic (exact) mass is 581 g/mol. The summed E-state index contributed by atoms with van der Waals surface area (Å²) in [5.41, 5.74) is 12.4. The minimum absolute atomic E-state index is 0.0568. The smallest absolute Gasteiger partial charge is 0.389 e. The van der Waals surface area contributed by atoms with Crippen molar-refractivity contribution >= 4 is 21.8 Å². The first-order valence-corrected chi connectivity index (χ1v) is 12.4. The van der Waals surface area contributed by atoms with Gasteiger partial charge < -0.3 is 15.5 Å². The minimum Gasteiger partial charge on any atom is -0.494 e. The van der Waals surface area contributed by atoms with Gasteiger partial charge in [-0.05, 0) is 82.7 Å². The van der Waals surface area contributed by atoms with Crippen LogP contribution < -0.4 is 27.4 Å². The zero-order valence-corrected chi connectivity index (χ0v) is 22.7. The number of aromatic amines is 1. The number of hydrazone groups is 1. The van der Waals surface area contributed by atoms with Gasteiger partial charge in [0.15, 0.2) is 5.84 Å². The largest absolute Gasteiger partial charge is 0.494 e. The predicted molar refractivity (Wildman–Crippen MR) is 145 cm³/mol. The van der Waals surface area contributed by atoms with Crippen molar-refractivity contribution in [3.8, 4) is 28.1 Å². The molecule has 1 heterocycles. The van der Waals surface area contributed by atoms with E-state index in [0.29, 0.717) is 27.0 Å². The number of pyridine rings is 1. The normalized spacial score (nSPS) is 11.5. The third-order valence-corrected chi connectivity index (χ3v) is 6.20. The molecule has 7 nitrogen and oxygen atoms in total. The van der Waals surface area contributed by atoms with Crippen LogP contribution in [0.3, 0.4) is 0 Å². The first-order valence-electron chi connectivity index (χ1n) is 11.6. The zero-order chi connectivity index (χ0) is 27.8. The molecule has 200 valence electrons. The molecule has 0 aliphatic rings. The van der Waals surface area contributed by atoms with Gasteiger partial charge in [-0.25, -0.2) is 11.4 Å². The third kappa shape index (κ3) is 7.83. The van der Waals surface area contributed by atoms with Crippen LogP contribution in [-0.4, -0.2) is 23.6 Å². The second-order valence-corrected chi connectivity index (χ2v) is 8.70.